The van der Waals surface area contributed by atoms with Crippen molar-refractivity contribution in [3.8, 4) is 0 Å². The van der Waals surface area contributed by atoms with Crippen LogP contribution in [0.25, 0.3) is 11.0 Å². The number of aromatic nitrogens is 2. The second-order valence-electron chi connectivity index (χ2n) is 5.45. The number of hydrogen-bond acceptors (Lipinski definition) is 4. The fraction of sp³-hybridized carbons (Fsp3) is 0.500. The van der Waals surface area contributed by atoms with Gasteiger partial charge in [-0.2, -0.15) is 0 Å². The molecule has 1 unspecified atom stereocenters. The van der Waals surface area contributed by atoms with Crippen LogP contribution in [0.3, 0.4) is 0 Å². The quantitative estimate of drug-likeness (QED) is 0.857. The molecule has 2 aromatic rings. The molecule has 0 spiro atoms. The Morgan fingerprint density at radius 2 is 1.75 bits per heavy atom. The molecule has 2 heterocycles. The van der Waals surface area contributed by atoms with Crippen LogP contribution in [-0.2, 0) is 0 Å². The molecule has 4 heteroatoms. The normalized spacial score (nSPS) is 19.3. The Morgan fingerprint density at radius 1 is 1.05 bits per heavy atom. The molecule has 0 amide bonds. The molecule has 1 aliphatic heterocycles. The zero-order chi connectivity index (χ0) is 13.9. The first-order valence-electron chi connectivity index (χ1n) is 7.45. The number of hydrogen-bond donors (Lipinski definition) is 0. The van der Waals surface area contributed by atoms with Crippen molar-refractivity contribution in [2.24, 2.45) is 0 Å². The van der Waals surface area contributed by atoms with Gasteiger partial charge in [0.2, 0.25) is 0 Å². The van der Waals surface area contributed by atoms with Crippen LogP contribution in [0.2, 0.25) is 0 Å². The number of fused-ring (bicyclic) bond motifs is 1. The van der Waals surface area contributed by atoms with Crippen molar-refractivity contribution in [3.63, 3.8) is 0 Å². The maximum Gasteiger partial charge on any atom is 0.0890 e. The van der Waals surface area contributed by atoms with Gasteiger partial charge in [-0.25, -0.2) is 0 Å². The van der Waals surface area contributed by atoms with E-state index < -0.39 is 0 Å². The molecule has 0 bridgehead atoms. The number of likely N-dealkylation sites (N-methyl/N-ethyl adjacent to an activating group) is 1. The maximum absolute atomic E-state index is 4.41. The smallest absolute Gasteiger partial charge is 0.0890 e. The summed E-state index contributed by atoms with van der Waals surface area (Å²) in [5.41, 5.74) is 3.30. The molecule has 1 saturated heterocycles. The van der Waals surface area contributed by atoms with Crippen LogP contribution >= 0.6 is 0 Å². The van der Waals surface area contributed by atoms with Crippen molar-refractivity contribution in [1.82, 2.24) is 19.8 Å². The molecule has 0 radical (unpaired) electrons. The Morgan fingerprint density at radius 3 is 2.45 bits per heavy atom. The summed E-state index contributed by atoms with van der Waals surface area (Å²) in [6.45, 7) is 10.3. The van der Waals surface area contributed by atoms with Gasteiger partial charge < -0.3 is 4.90 Å². The van der Waals surface area contributed by atoms with E-state index in [1.54, 1.807) is 12.4 Å². The van der Waals surface area contributed by atoms with Crippen molar-refractivity contribution in [2.75, 3.05) is 32.7 Å². The standard InChI is InChI=1S/C16H22N4/c1-3-19-8-10-20(11-9-19)13(2)14-4-5-15-16(12-14)18-7-6-17-15/h4-7,12-13H,3,8-11H2,1-2H3. The third kappa shape index (κ3) is 2.67. The van der Waals surface area contributed by atoms with E-state index in [4.69, 9.17) is 0 Å². The monoisotopic (exact) mass is 270 g/mol. The minimum Gasteiger partial charge on any atom is -0.301 e. The van der Waals surface area contributed by atoms with Gasteiger partial charge in [0.25, 0.3) is 0 Å². The Bertz CT molecular complexity index is 575. The predicted octanol–water partition coefficient (Wildman–Crippen LogP) is 2.33. The summed E-state index contributed by atoms with van der Waals surface area (Å²) in [4.78, 5) is 13.8. The highest BCUT2D eigenvalue weighted by Gasteiger charge is 2.21. The van der Waals surface area contributed by atoms with Crippen molar-refractivity contribution >= 4 is 11.0 Å². The Kier molecular flexibility index (Phi) is 3.94. The lowest BCUT2D eigenvalue weighted by Gasteiger charge is -2.37. The van der Waals surface area contributed by atoms with E-state index in [0.717, 1.165) is 30.7 Å². The number of benzene rings is 1. The van der Waals surface area contributed by atoms with Gasteiger partial charge in [-0.3, -0.25) is 14.9 Å². The van der Waals surface area contributed by atoms with Gasteiger partial charge in [0, 0.05) is 44.6 Å². The van der Waals surface area contributed by atoms with Crippen molar-refractivity contribution in [2.45, 2.75) is 19.9 Å². The Hall–Kier alpha value is -1.52. The Balaban J connectivity index is 1.77. The van der Waals surface area contributed by atoms with E-state index in [-0.39, 0.29) is 0 Å². The van der Waals surface area contributed by atoms with Crippen molar-refractivity contribution in [3.05, 3.63) is 36.2 Å². The molecule has 1 atom stereocenters. The van der Waals surface area contributed by atoms with Crippen molar-refractivity contribution in [1.29, 1.82) is 0 Å². The molecule has 0 saturated carbocycles. The van der Waals surface area contributed by atoms with Gasteiger partial charge in [-0.05, 0) is 31.2 Å². The van der Waals surface area contributed by atoms with Crippen LogP contribution in [0.1, 0.15) is 25.5 Å². The number of rotatable bonds is 3. The first kappa shape index (κ1) is 13.5. The van der Waals surface area contributed by atoms with Gasteiger partial charge in [0.15, 0.2) is 0 Å². The first-order valence-corrected chi connectivity index (χ1v) is 7.45. The SMILES string of the molecule is CCN1CCN(C(C)c2ccc3nccnc3c2)CC1. The Labute approximate surface area is 120 Å². The van der Waals surface area contributed by atoms with Crippen molar-refractivity contribution < 1.29 is 0 Å². The summed E-state index contributed by atoms with van der Waals surface area (Å²) in [7, 11) is 0. The molecule has 20 heavy (non-hydrogen) atoms. The van der Waals surface area contributed by atoms with E-state index in [1.165, 1.54) is 18.7 Å². The molecular weight excluding hydrogens is 248 g/mol. The molecular formula is C16H22N4. The number of piperazine rings is 1. The predicted molar refractivity (Wildman–Crippen MR) is 81.6 cm³/mol. The lowest BCUT2D eigenvalue weighted by Crippen LogP contribution is -2.46. The van der Waals surface area contributed by atoms with E-state index in [2.05, 4.69) is 51.8 Å². The molecule has 0 N–H and O–H groups in total. The highest BCUT2D eigenvalue weighted by molar-refractivity contribution is 5.74. The lowest BCUT2D eigenvalue weighted by atomic mass is 10.1. The fourth-order valence-electron chi connectivity index (χ4n) is 2.92. The van der Waals surface area contributed by atoms with Gasteiger partial charge in [0.05, 0.1) is 11.0 Å². The molecule has 4 nitrogen and oxygen atoms in total. The van der Waals surface area contributed by atoms with E-state index in [0.29, 0.717) is 6.04 Å². The van der Waals surface area contributed by atoms with Crippen LogP contribution in [0, 0.1) is 0 Å². The lowest BCUT2D eigenvalue weighted by molar-refractivity contribution is 0.106. The fourth-order valence-corrected chi connectivity index (χ4v) is 2.92. The van der Waals surface area contributed by atoms with Crippen LogP contribution in [0.4, 0.5) is 0 Å². The molecule has 106 valence electrons. The van der Waals surface area contributed by atoms with Gasteiger partial charge in [-0.1, -0.05) is 13.0 Å². The third-order valence-corrected chi connectivity index (χ3v) is 4.38. The van der Waals surface area contributed by atoms with Crippen LogP contribution < -0.4 is 0 Å². The first-order chi connectivity index (χ1) is 9.78. The molecule has 3 rings (SSSR count). The van der Waals surface area contributed by atoms with E-state index in [9.17, 15) is 0 Å². The van der Waals surface area contributed by atoms with Crippen LogP contribution in [0.15, 0.2) is 30.6 Å². The molecule has 0 aliphatic carbocycles. The van der Waals surface area contributed by atoms with Gasteiger partial charge >= 0.3 is 0 Å². The molecule has 1 aliphatic rings. The van der Waals surface area contributed by atoms with E-state index in [1.807, 2.05) is 0 Å². The largest absolute Gasteiger partial charge is 0.301 e. The van der Waals surface area contributed by atoms with Crippen LogP contribution in [-0.4, -0.2) is 52.5 Å². The minimum atomic E-state index is 0.445. The average Bonchev–Trinajstić information content (AvgIpc) is 2.54. The highest BCUT2D eigenvalue weighted by Crippen LogP contribution is 2.23. The van der Waals surface area contributed by atoms with Crippen LogP contribution in [0.5, 0.6) is 0 Å². The summed E-state index contributed by atoms with van der Waals surface area (Å²) in [6, 6.07) is 6.89. The summed E-state index contributed by atoms with van der Waals surface area (Å²) in [5.74, 6) is 0. The zero-order valence-electron chi connectivity index (χ0n) is 12.3. The summed E-state index contributed by atoms with van der Waals surface area (Å²) in [6.07, 6.45) is 3.51. The second-order valence-corrected chi connectivity index (χ2v) is 5.45. The molecule has 1 fully saturated rings. The maximum atomic E-state index is 4.41. The minimum absolute atomic E-state index is 0.445. The number of nitrogens with zero attached hydrogens (tertiary/aromatic N) is 4. The summed E-state index contributed by atoms with van der Waals surface area (Å²) >= 11 is 0. The van der Waals surface area contributed by atoms with Gasteiger partial charge in [0.1, 0.15) is 0 Å². The summed E-state index contributed by atoms with van der Waals surface area (Å²) < 4.78 is 0. The summed E-state index contributed by atoms with van der Waals surface area (Å²) in [5, 5.41) is 0. The topological polar surface area (TPSA) is 32.3 Å². The average molecular weight is 270 g/mol. The van der Waals surface area contributed by atoms with Gasteiger partial charge in [-0.15, -0.1) is 0 Å². The van der Waals surface area contributed by atoms with E-state index >= 15 is 0 Å². The second kappa shape index (κ2) is 5.85. The zero-order valence-corrected chi connectivity index (χ0v) is 12.3. The molecule has 1 aromatic carbocycles. The highest BCUT2D eigenvalue weighted by atomic mass is 15.3. The molecule has 1 aromatic heterocycles. The third-order valence-electron chi connectivity index (χ3n) is 4.38.